The number of halogens is 1. The lowest BCUT2D eigenvalue weighted by Crippen LogP contribution is -2.05. The van der Waals surface area contributed by atoms with E-state index >= 15 is 0 Å². The summed E-state index contributed by atoms with van der Waals surface area (Å²) in [7, 11) is 0. The van der Waals surface area contributed by atoms with Gasteiger partial charge in [0.05, 0.1) is 10.5 Å². The summed E-state index contributed by atoms with van der Waals surface area (Å²) in [6.45, 7) is 2.18. The lowest BCUT2D eigenvalue weighted by atomic mass is 9.96. The molecule has 0 fully saturated rings. The van der Waals surface area contributed by atoms with Crippen molar-refractivity contribution in [2.45, 2.75) is 26.2 Å². The van der Waals surface area contributed by atoms with Gasteiger partial charge in [-0.15, -0.1) is 11.3 Å². The number of aromatic nitrogens is 1. The van der Waals surface area contributed by atoms with E-state index in [0.717, 1.165) is 35.6 Å². The molecule has 4 rings (SSSR count). The second kappa shape index (κ2) is 6.78. The van der Waals surface area contributed by atoms with Gasteiger partial charge in [0.15, 0.2) is 0 Å². The molecule has 0 amide bonds. The molecule has 0 atom stereocenters. The van der Waals surface area contributed by atoms with Gasteiger partial charge >= 0.3 is 0 Å². The minimum Gasteiger partial charge on any atom is -0.507 e. The quantitative estimate of drug-likeness (QED) is 0.446. The van der Waals surface area contributed by atoms with E-state index in [1.807, 2.05) is 23.6 Å². The van der Waals surface area contributed by atoms with Crippen LogP contribution in [0.3, 0.4) is 0 Å². The normalized spacial score (nSPS) is 11.5. The maximum Gasteiger partial charge on any atom is 0.266 e. The number of phenolic OH excluding ortho intramolecular Hbond substituents is 1. The zero-order valence-electron chi connectivity index (χ0n) is 14.3. The molecule has 0 saturated carbocycles. The van der Waals surface area contributed by atoms with Crippen LogP contribution < -0.4 is 5.56 Å². The van der Waals surface area contributed by atoms with Crippen LogP contribution in [0.4, 0.5) is 0 Å². The van der Waals surface area contributed by atoms with E-state index in [1.54, 1.807) is 0 Å². The number of benzene rings is 2. The number of fused-ring (bicyclic) bond motifs is 3. The summed E-state index contributed by atoms with van der Waals surface area (Å²) in [5.74, 6) is 0.114. The van der Waals surface area contributed by atoms with Gasteiger partial charge in [-0.3, -0.25) is 4.79 Å². The second-order valence-electron chi connectivity index (χ2n) is 6.42. The molecule has 0 saturated heterocycles. The summed E-state index contributed by atoms with van der Waals surface area (Å²) in [4.78, 5) is 15.2. The number of nitrogens with one attached hydrogen (secondary N) is 1. The number of aromatic hydroxyl groups is 1. The molecule has 0 aliphatic rings. The zero-order valence-corrected chi connectivity index (χ0v) is 15.9. The minimum atomic E-state index is -0.157. The fourth-order valence-corrected chi connectivity index (χ4v) is 4.43. The van der Waals surface area contributed by atoms with Gasteiger partial charge in [-0.2, -0.15) is 0 Å². The fraction of sp³-hybridized carbons (Fsp3) is 0.190. The van der Waals surface area contributed by atoms with Crippen LogP contribution in [0.2, 0.25) is 5.02 Å². The molecule has 0 unspecified atom stereocenters. The lowest BCUT2D eigenvalue weighted by molar-refractivity contribution is 0.478. The van der Waals surface area contributed by atoms with E-state index in [2.05, 4.69) is 24.0 Å². The number of phenols is 1. The van der Waals surface area contributed by atoms with Crippen molar-refractivity contribution in [2.24, 2.45) is 0 Å². The molecule has 0 bridgehead atoms. The van der Waals surface area contributed by atoms with Gasteiger partial charge in [0.2, 0.25) is 0 Å². The first-order valence-corrected chi connectivity index (χ1v) is 9.90. The third-order valence-electron chi connectivity index (χ3n) is 4.70. The average molecular weight is 384 g/mol. The summed E-state index contributed by atoms with van der Waals surface area (Å²) in [5.41, 5.74) is 3.29. The van der Waals surface area contributed by atoms with Gasteiger partial charge in [-0.25, -0.2) is 0 Å². The SMILES string of the molecule is CCCCc1ccc(-c2c(O)cc(Cl)c3[nH]c(=O)c4sccc4c23)cc1. The molecule has 0 aliphatic heterocycles. The number of thiophene rings is 1. The number of hydrogen-bond donors (Lipinski definition) is 2. The molecule has 0 aliphatic carbocycles. The monoisotopic (exact) mass is 383 g/mol. The van der Waals surface area contributed by atoms with Crippen LogP contribution in [-0.2, 0) is 6.42 Å². The number of H-pyrrole nitrogens is 1. The Morgan fingerprint density at radius 1 is 1.19 bits per heavy atom. The molecule has 4 aromatic rings. The van der Waals surface area contributed by atoms with Crippen LogP contribution in [0, 0.1) is 0 Å². The van der Waals surface area contributed by atoms with Crippen LogP contribution in [0.25, 0.3) is 32.1 Å². The number of hydrogen-bond acceptors (Lipinski definition) is 3. The van der Waals surface area contributed by atoms with E-state index in [1.165, 1.54) is 23.0 Å². The van der Waals surface area contributed by atoms with Gasteiger partial charge < -0.3 is 10.1 Å². The highest BCUT2D eigenvalue weighted by molar-refractivity contribution is 7.17. The van der Waals surface area contributed by atoms with Crippen molar-refractivity contribution >= 4 is 43.9 Å². The van der Waals surface area contributed by atoms with Crippen LogP contribution in [0.1, 0.15) is 25.3 Å². The molecule has 132 valence electrons. The minimum absolute atomic E-state index is 0.114. The molecule has 2 aromatic heterocycles. The summed E-state index contributed by atoms with van der Waals surface area (Å²) >= 11 is 7.70. The Labute approximate surface area is 159 Å². The predicted octanol–water partition coefficient (Wildman–Crippen LogP) is 6.11. The van der Waals surface area contributed by atoms with Crippen molar-refractivity contribution in [3.8, 4) is 16.9 Å². The van der Waals surface area contributed by atoms with Crippen molar-refractivity contribution in [2.75, 3.05) is 0 Å². The molecule has 2 N–H and O–H groups in total. The van der Waals surface area contributed by atoms with E-state index in [9.17, 15) is 9.90 Å². The average Bonchev–Trinajstić information content (AvgIpc) is 3.12. The number of aromatic amines is 1. The van der Waals surface area contributed by atoms with Gasteiger partial charge in [-0.1, -0.05) is 49.2 Å². The van der Waals surface area contributed by atoms with E-state index in [-0.39, 0.29) is 11.3 Å². The highest BCUT2D eigenvalue weighted by atomic mass is 35.5. The third-order valence-corrected chi connectivity index (χ3v) is 5.91. The first-order valence-electron chi connectivity index (χ1n) is 8.64. The van der Waals surface area contributed by atoms with Gasteiger partial charge in [0, 0.05) is 22.4 Å². The topological polar surface area (TPSA) is 53.1 Å². The number of aryl methyl sites for hydroxylation is 1. The summed E-state index contributed by atoms with van der Waals surface area (Å²) in [6, 6.07) is 11.7. The highest BCUT2D eigenvalue weighted by Gasteiger charge is 2.18. The van der Waals surface area contributed by atoms with Crippen molar-refractivity contribution in [1.29, 1.82) is 0 Å². The van der Waals surface area contributed by atoms with E-state index in [4.69, 9.17) is 11.6 Å². The molecular weight excluding hydrogens is 366 g/mol. The number of rotatable bonds is 4. The smallest absolute Gasteiger partial charge is 0.266 e. The lowest BCUT2D eigenvalue weighted by Gasteiger charge is -2.13. The highest BCUT2D eigenvalue weighted by Crippen LogP contribution is 2.42. The molecule has 2 heterocycles. The largest absolute Gasteiger partial charge is 0.507 e. The Hall–Kier alpha value is -2.30. The molecule has 3 nitrogen and oxygen atoms in total. The summed E-state index contributed by atoms with van der Waals surface area (Å²) < 4.78 is 0.639. The van der Waals surface area contributed by atoms with E-state index in [0.29, 0.717) is 20.8 Å². The maximum absolute atomic E-state index is 12.3. The first-order chi connectivity index (χ1) is 12.6. The number of pyridine rings is 1. The Balaban J connectivity index is 2.00. The van der Waals surface area contributed by atoms with Gasteiger partial charge in [0.25, 0.3) is 5.56 Å². The Morgan fingerprint density at radius 2 is 1.96 bits per heavy atom. The van der Waals surface area contributed by atoms with Crippen molar-refractivity contribution in [3.05, 3.63) is 62.7 Å². The Morgan fingerprint density at radius 3 is 2.69 bits per heavy atom. The molecule has 0 radical (unpaired) electrons. The Kier molecular flexibility index (Phi) is 4.47. The van der Waals surface area contributed by atoms with Crippen LogP contribution in [0.5, 0.6) is 5.75 Å². The van der Waals surface area contributed by atoms with Gasteiger partial charge in [0.1, 0.15) is 10.4 Å². The number of unbranched alkanes of at least 4 members (excludes halogenated alkanes) is 1. The molecule has 5 heteroatoms. The third kappa shape index (κ3) is 2.79. The molecule has 2 aromatic carbocycles. The van der Waals surface area contributed by atoms with Crippen molar-refractivity contribution < 1.29 is 5.11 Å². The van der Waals surface area contributed by atoms with E-state index < -0.39 is 0 Å². The standard InChI is InChI=1S/C21H18ClNO2S/c1-2-3-4-12-5-7-13(8-6-12)17-16(24)11-15(22)19-18(17)14-9-10-26-20(14)21(25)23-19/h5-11,24H,2-4H2,1H3,(H,23,25). The molecular formula is C21H18ClNO2S. The van der Waals surface area contributed by atoms with Crippen molar-refractivity contribution in [3.63, 3.8) is 0 Å². The predicted molar refractivity (Wildman–Crippen MR) is 111 cm³/mol. The van der Waals surface area contributed by atoms with Crippen LogP contribution >= 0.6 is 22.9 Å². The van der Waals surface area contributed by atoms with Gasteiger partial charge in [-0.05, 0) is 35.4 Å². The molecule has 26 heavy (non-hydrogen) atoms. The van der Waals surface area contributed by atoms with Crippen LogP contribution in [0.15, 0.2) is 46.6 Å². The Bertz CT molecular complexity index is 1160. The first kappa shape index (κ1) is 17.1. The second-order valence-corrected chi connectivity index (χ2v) is 7.74. The maximum atomic E-state index is 12.3. The zero-order chi connectivity index (χ0) is 18.3. The van der Waals surface area contributed by atoms with Crippen LogP contribution in [-0.4, -0.2) is 10.1 Å². The summed E-state index contributed by atoms with van der Waals surface area (Å²) in [6.07, 6.45) is 3.37. The summed E-state index contributed by atoms with van der Waals surface area (Å²) in [5, 5.41) is 14.5. The fourth-order valence-electron chi connectivity index (χ4n) is 3.39. The van der Waals surface area contributed by atoms with Crippen molar-refractivity contribution in [1.82, 2.24) is 4.98 Å². The molecule has 0 spiro atoms.